The van der Waals surface area contributed by atoms with E-state index in [1.54, 1.807) is 12.1 Å². The van der Waals surface area contributed by atoms with E-state index in [1.165, 1.54) is 19.2 Å². The maximum absolute atomic E-state index is 12.2. The molecule has 0 spiro atoms. The van der Waals surface area contributed by atoms with Crippen molar-refractivity contribution in [2.75, 3.05) is 7.11 Å². The molecule has 0 heterocycles. The van der Waals surface area contributed by atoms with E-state index in [0.717, 1.165) is 5.56 Å². The second kappa shape index (κ2) is 6.76. The molecule has 1 aliphatic carbocycles. The van der Waals surface area contributed by atoms with Crippen molar-refractivity contribution < 1.29 is 27.2 Å². The Morgan fingerprint density at radius 1 is 1.18 bits per heavy atom. The number of aliphatic hydroxyl groups is 1. The lowest BCUT2D eigenvalue weighted by atomic mass is 9.85. The van der Waals surface area contributed by atoms with Crippen LogP contribution in [0.4, 0.5) is 0 Å². The van der Waals surface area contributed by atoms with Gasteiger partial charge in [0.2, 0.25) is 0 Å². The fourth-order valence-electron chi connectivity index (χ4n) is 2.62. The molecule has 0 aromatic heterocycles. The molecule has 0 radical (unpaired) electrons. The van der Waals surface area contributed by atoms with Crippen LogP contribution in [-0.4, -0.2) is 38.8 Å². The highest BCUT2D eigenvalue weighted by Crippen LogP contribution is 2.30. The summed E-state index contributed by atoms with van der Waals surface area (Å²) in [6.45, 7) is 1.86. The van der Waals surface area contributed by atoms with Gasteiger partial charge in [0.1, 0.15) is 0 Å². The molecular formula is C15H20O6S. The largest absolute Gasteiger partial charge is 0.469 e. The van der Waals surface area contributed by atoms with Crippen LogP contribution >= 0.6 is 0 Å². The van der Waals surface area contributed by atoms with E-state index in [0.29, 0.717) is 0 Å². The number of aliphatic hydroxyl groups excluding tert-OH is 1. The van der Waals surface area contributed by atoms with E-state index in [2.05, 4.69) is 4.74 Å². The molecule has 1 aromatic carbocycles. The molecule has 3 atom stereocenters. The fraction of sp³-hybridized carbons (Fsp3) is 0.533. The van der Waals surface area contributed by atoms with Crippen LogP contribution in [0.2, 0.25) is 0 Å². The average Bonchev–Trinajstić information content (AvgIpc) is 2.45. The third kappa shape index (κ3) is 4.06. The highest BCUT2D eigenvalue weighted by molar-refractivity contribution is 7.86. The lowest BCUT2D eigenvalue weighted by molar-refractivity contribution is -0.149. The van der Waals surface area contributed by atoms with Gasteiger partial charge in [0.25, 0.3) is 10.1 Å². The van der Waals surface area contributed by atoms with Crippen molar-refractivity contribution in [3.8, 4) is 0 Å². The fourth-order valence-corrected chi connectivity index (χ4v) is 3.71. The van der Waals surface area contributed by atoms with Gasteiger partial charge in [0.05, 0.1) is 30.1 Å². The van der Waals surface area contributed by atoms with Crippen molar-refractivity contribution in [2.24, 2.45) is 5.92 Å². The van der Waals surface area contributed by atoms with Crippen molar-refractivity contribution in [1.29, 1.82) is 0 Å². The quantitative estimate of drug-likeness (QED) is 0.664. The minimum absolute atomic E-state index is 0.0628. The topological polar surface area (TPSA) is 89.9 Å². The van der Waals surface area contributed by atoms with Gasteiger partial charge in [-0.1, -0.05) is 17.7 Å². The second-order valence-corrected chi connectivity index (χ2v) is 7.14. The molecule has 6 nitrogen and oxygen atoms in total. The Hall–Kier alpha value is -1.44. The summed E-state index contributed by atoms with van der Waals surface area (Å²) in [6, 6.07) is 6.32. The summed E-state index contributed by atoms with van der Waals surface area (Å²) in [5.41, 5.74) is 0.942. The van der Waals surface area contributed by atoms with Crippen LogP contribution in [0.25, 0.3) is 0 Å². The predicted octanol–water partition coefficient (Wildman–Crippen LogP) is 1.40. The van der Waals surface area contributed by atoms with Gasteiger partial charge in [-0.05, 0) is 31.9 Å². The minimum atomic E-state index is -3.92. The number of carbonyl (C=O) groups excluding carboxylic acids is 1. The zero-order valence-electron chi connectivity index (χ0n) is 12.6. The van der Waals surface area contributed by atoms with Crippen molar-refractivity contribution in [3.05, 3.63) is 29.8 Å². The molecule has 1 saturated carbocycles. The lowest BCUT2D eigenvalue weighted by Crippen LogP contribution is -2.36. The zero-order valence-corrected chi connectivity index (χ0v) is 13.4. The summed E-state index contributed by atoms with van der Waals surface area (Å²) < 4.78 is 34.4. The van der Waals surface area contributed by atoms with Crippen LogP contribution in [0.3, 0.4) is 0 Å². The Labute approximate surface area is 130 Å². The van der Waals surface area contributed by atoms with Gasteiger partial charge < -0.3 is 9.84 Å². The van der Waals surface area contributed by atoms with E-state index in [9.17, 15) is 18.3 Å². The molecule has 1 aliphatic rings. The van der Waals surface area contributed by atoms with Crippen molar-refractivity contribution in [3.63, 3.8) is 0 Å². The zero-order chi connectivity index (χ0) is 16.3. The standard InChI is InChI=1S/C15H20O6S/c1-10-3-5-14(6-4-10)22(18,19)21-13-8-11(15(17)20-2)7-12(16)9-13/h3-6,11-13,16H,7-9H2,1-2H3/t11-,12-,13-/m0/s1. The maximum Gasteiger partial charge on any atom is 0.308 e. The van der Waals surface area contributed by atoms with Gasteiger partial charge in [-0.2, -0.15) is 8.42 Å². The van der Waals surface area contributed by atoms with E-state index in [4.69, 9.17) is 4.18 Å². The first-order valence-electron chi connectivity index (χ1n) is 7.07. The molecule has 1 fully saturated rings. The Balaban J connectivity index is 2.11. The molecule has 2 rings (SSSR count). The van der Waals surface area contributed by atoms with Crippen LogP contribution in [0.5, 0.6) is 0 Å². The molecule has 0 unspecified atom stereocenters. The van der Waals surface area contributed by atoms with E-state index >= 15 is 0 Å². The number of esters is 1. The van der Waals surface area contributed by atoms with Crippen LogP contribution in [0, 0.1) is 12.8 Å². The minimum Gasteiger partial charge on any atom is -0.469 e. The Bertz CT molecular complexity index is 622. The highest BCUT2D eigenvalue weighted by Gasteiger charge is 2.35. The third-order valence-corrected chi connectivity index (χ3v) is 5.12. The summed E-state index contributed by atoms with van der Waals surface area (Å²) in [4.78, 5) is 11.7. The maximum atomic E-state index is 12.2. The number of aryl methyl sites for hydroxylation is 1. The first kappa shape index (κ1) is 16.9. The monoisotopic (exact) mass is 328 g/mol. The molecule has 22 heavy (non-hydrogen) atoms. The van der Waals surface area contributed by atoms with E-state index in [-0.39, 0.29) is 24.2 Å². The molecule has 7 heteroatoms. The van der Waals surface area contributed by atoms with Crippen LogP contribution in [0.1, 0.15) is 24.8 Å². The number of rotatable bonds is 4. The Kier molecular flexibility index (Phi) is 5.20. The number of benzene rings is 1. The first-order chi connectivity index (χ1) is 10.3. The average molecular weight is 328 g/mol. The molecule has 0 aliphatic heterocycles. The van der Waals surface area contributed by atoms with E-state index < -0.39 is 34.2 Å². The molecule has 1 N–H and O–H groups in total. The molecule has 1 aromatic rings. The lowest BCUT2D eigenvalue weighted by Gasteiger charge is -2.30. The summed E-state index contributed by atoms with van der Waals surface area (Å²) in [7, 11) is -2.65. The van der Waals surface area contributed by atoms with Gasteiger partial charge in [0.15, 0.2) is 0 Å². The summed E-state index contributed by atoms with van der Waals surface area (Å²) in [5, 5.41) is 9.82. The molecule has 122 valence electrons. The van der Waals surface area contributed by atoms with Crippen molar-refractivity contribution in [2.45, 2.75) is 43.3 Å². The second-order valence-electron chi connectivity index (χ2n) is 5.57. The Morgan fingerprint density at radius 2 is 1.82 bits per heavy atom. The molecule has 0 saturated heterocycles. The summed E-state index contributed by atoms with van der Waals surface area (Å²) in [5.74, 6) is -1.01. The first-order valence-corrected chi connectivity index (χ1v) is 8.48. The van der Waals surface area contributed by atoms with Crippen LogP contribution < -0.4 is 0 Å². The molecular weight excluding hydrogens is 308 g/mol. The highest BCUT2D eigenvalue weighted by atomic mass is 32.2. The van der Waals surface area contributed by atoms with Crippen molar-refractivity contribution >= 4 is 16.1 Å². The summed E-state index contributed by atoms with van der Waals surface area (Å²) >= 11 is 0. The van der Waals surface area contributed by atoms with Gasteiger partial charge >= 0.3 is 5.97 Å². The number of methoxy groups -OCH3 is 1. The van der Waals surface area contributed by atoms with Crippen LogP contribution in [0.15, 0.2) is 29.2 Å². The predicted molar refractivity (Wildman–Crippen MR) is 78.6 cm³/mol. The summed E-state index contributed by atoms with van der Waals surface area (Å²) in [6.07, 6.45) is -0.861. The third-order valence-electron chi connectivity index (χ3n) is 3.75. The van der Waals surface area contributed by atoms with Gasteiger partial charge in [0, 0.05) is 6.42 Å². The van der Waals surface area contributed by atoms with Gasteiger partial charge in [-0.25, -0.2) is 0 Å². The van der Waals surface area contributed by atoms with Gasteiger partial charge in [-0.15, -0.1) is 0 Å². The SMILES string of the molecule is COC(=O)[C@H]1C[C@H](O)C[C@@H](OS(=O)(=O)c2ccc(C)cc2)C1. The van der Waals surface area contributed by atoms with E-state index in [1.807, 2.05) is 6.92 Å². The molecule has 0 bridgehead atoms. The number of hydrogen-bond acceptors (Lipinski definition) is 6. The normalized spacial score (nSPS) is 25.7. The smallest absolute Gasteiger partial charge is 0.308 e. The number of carbonyl (C=O) groups is 1. The molecule has 0 amide bonds. The van der Waals surface area contributed by atoms with Gasteiger partial charge in [-0.3, -0.25) is 8.98 Å². The Morgan fingerprint density at radius 3 is 2.41 bits per heavy atom. The number of ether oxygens (including phenoxy) is 1. The van der Waals surface area contributed by atoms with Crippen LogP contribution in [-0.2, 0) is 23.8 Å². The number of hydrogen-bond donors (Lipinski definition) is 1. The van der Waals surface area contributed by atoms with Crippen molar-refractivity contribution in [1.82, 2.24) is 0 Å².